The van der Waals surface area contributed by atoms with Crippen molar-refractivity contribution < 1.29 is 17.9 Å². The zero-order valence-corrected chi connectivity index (χ0v) is 17.1. The van der Waals surface area contributed by atoms with E-state index in [9.17, 15) is 4.39 Å². The Bertz CT molecular complexity index is 1440. The minimum Gasteiger partial charge on any atom is -0.383 e. The minimum absolute atomic E-state index is 0.00406. The summed E-state index contributed by atoms with van der Waals surface area (Å²) in [5.41, 5.74) is 0.571. The molecule has 0 N–H and O–H groups in total. The van der Waals surface area contributed by atoms with Crippen LogP contribution in [0.4, 0.5) is 13.2 Å². The van der Waals surface area contributed by atoms with Gasteiger partial charge in [0.2, 0.25) is 5.82 Å². The Kier molecular flexibility index (Phi) is 4.66. The van der Waals surface area contributed by atoms with Crippen molar-refractivity contribution in [2.24, 2.45) is 7.05 Å². The lowest BCUT2D eigenvalue weighted by Crippen LogP contribution is -2.22. The predicted molar refractivity (Wildman–Crippen MR) is 108 cm³/mol. The molecule has 0 fully saturated rings. The van der Waals surface area contributed by atoms with Crippen LogP contribution in [0.2, 0.25) is 0 Å². The first-order valence-electron chi connectivity index (χ1n) is 9.63. The summed E-state index contributed by atoms with van der Waals surface area (Å²) >= 11 is 0. The van der Waals surface area contributed by atoms with E-state index in [1.807, 2.05) is 0 Å². The second kappa shape index (κ2) is 7.41. The number of halogens is 3. The van der Waals surface area contributed by atoms with Crippen molar-refractivity contribution in [1.29, 1.82) is 0 Å². The zero-order chi connectivity index (χ0) is 22.5. The first-order valence-corrected chi connectivity index (χ1v) is 9.63. The Labute approximate surface area is 179 Å². The molecule has 1 aromatic carbocycles. The molecule has 32 heavy (non-hydrogen) atoms. The summed E-state index contributed by atoms with van der Waals surface area (Å²) in [7, 11) is 3.18. The fraction of sp³-hybridized carbons (Fsp3) is 0.250. The van der Waals surface area contributed by atoms with Gasteiger partial charge < -0.3 is 4.74 Å². The van der Waals surface area contributed by atoms with Gasteiger partial charge in [-0.15, -0.1) is 10.2 Å². The molecule has 5 rings (SSSR count). The van der Waals surface area contributed by atoms with Gasteiger partial charge in [-0.05, 0) is 24.3 Å². The molecule has 0 saturated carbocycles. The fourth-order valence-electron chi connectivity index (χ4n) is 3.48. The van der Waals surface area contributed by atoms with E-state index in [-0.39, 0.29) is 16.6 Å². The van der Waals surface area contributed by atoms with Gasteiger partial charge in [-0.25, -0.2) is 4.39 Å². The van der Waals surface area contributed by atoms with Crippen LogP contribution in [0.15, 0.2) is 42.9 Å². The number of fused-ring (bicyclic) bond motifs is 2. The normalized spacial score (nSPS) is 12.3. The number of methoxy groups -OCH3 is 1. The van der Waals surface area contributed by atoms with Crippen LogP contribution >= 0.6 is 0 Å². The van der Waals surface area contributed by atoms with Gasteiger partial charge in [0, 0.05) is 32.1 Å². The van der Waals surface area contributed by atoms with Gasteiger partial charge in [0.05, 0.1) is 41.5 Å². The van der Waals surface area contributed by atoms with Gasteiger partial charge in [0.15, 0.2) is 5.65 Å². The molecule has 0 atom stereocenters. The highest BCUT2D eigenvalue weighted by Gasteiger charge is 2.43. The van der Waals surface area contributed by atoms with Crippen molar-refractivity contribution in [3.8, 4) is 11.3 Å². The van der Waals surface area contributed by atoms with Crippen LogP contribution in [-0.2, 0) is 24.3 Å². The fourth-order valence-corrected chi connectivity index (χ4v) is 3.48. The summed E-state index contributed by atoms with van der Waals surface area (Å²) in [6.07, 6.45) is 4.65. The molecular weight excluding hydrogens is 425 g/mol. The third kappa shape index (κ3) is 3.19. The van der Waals surface area contributed by atoms with Crippen LogP contribution in [0.3, 0.4) is 0 Å². The third-order valence-corrected chi connectivity index (χ3v) is 5.07. The van der Waals surface area contributed by atoms with E-state index >= 15 is 8.78 Å². The smallest absolute Gasteiger partial charge is 0.336 e. The molecule has 0 spiro atoms. The van der Waals surface area contributed by atoms with Crippen LogP contribution in [0.5, 0.6) is 0 Å². The maximum Gasteiger partial charge on any atom is 0.336 e. The maximum atomic E-state index is 15.5. The number of hydrogen-bond acceptors (Lipinski definition) is 6. The van der Waals surface area contributed by atoms with Gasteiger partial charge in [-0.3, -0.25) is 9.36 Å². The van der Waals surface area contributed by atoms with Crippen molar-refractivity contribution in [2.45, 2.75) is 12.5 Å². The van der Waals surface area contributed by atoms with Gasteiger partial charge >= 0.3 is 5.92 Å². The molecule has 0 aliphatic carbocycles. The highest BCUT2D eigenvalue weighted by atomic mass is 19.3. The van der Waals surface area contributed by atoms with E-state index in [1.54, 1.807) is 37.3 Å². The number of ether oxygens (including phenoxy) is 1. The second-order valence-electron chi connectivity index (χ2n) is 7.23. The summed E-state index contributed by atoms with van der Waals surface area (Å²) in [4.78, 5) is 0. The SMILES string of the molecule is COCCn1cc(-c2ccc3nnc(C(F)(F)c4ccc5nn(C)cc5c4F)n3n2)cn1. The Morgan fingerprint density at radius 3 is 2.72 bits per heavy atom. The summed E-state index contributed by atoms with van der Waals surface area (Å²) in [5.74, 6) is -5.64. The van der Waals surface area contributed by atoms with E-state index in [1.165, 1.54) is 23.0 Å². The average molecular weight is 442 g/mol. The molecule has 0 aliphatic rings. The average Bonchev–Trinajstić information content (AvgIpc) is 3.49. The highest BCUT2D eigenvalue weighted by Crippen LogP contribution is 2.38. The molecule has 4 heterocycles. The molecule has 0 bridgehead atoms. The number of nitrogens with zero attached hydrogens (tertiary/aromatic N) is 8. The van der Waals surface area contributed by atoms with Crippen molar-refractivity contribution in [3.05, 3.63) is 60.1 Å². The molecule has 5 aromatic rings. The quantitative estimate of drug-likeness (QED) is 0.402. The standard InChI is InChI=1S/C20H17F3N8O/c1-29-11-13-16(27-29)4-3-14(18(13)21)20(22,23)19-26-25-17-6-5-15(28-31(17)19)12-9-24-30(10-12)7-8-32-2/h3-6,9-11H,7-8H2,1-2H3. The monoisotopic (exact) mass is 442 g/mol. The van der Waals surface area contributed by atoms with E-state index < -0.39 is 23.1 Å². The molecule has 0 saturated heterocycles. The van der Waals surface area contributed by atoms with Gasteiger partial charge in [-0.2, -0.15) is 28.6 Å². The number of alkyl halides is 2. The minimum atomic E-state index is -3.79. The lowest BCUT2D eigenvalue weighted by molar-refractivity contribution is 0.0271. The Morgan fingerprint density at radius 2 is 1.91 bits per heavy atom. The molecule has 4 aromatic heterocycles. The Hall–Kier alpha value is -3.80. The van der Waals surface area contributed by atoms with Crippen molar-refractivity contribution >= 4 is 16.6 Å². The van der Waals surface area contributed by atoms with E-state index in [2.05, 4.69) is 25.5 Å². The molecule has 0 radical (unpaired) electrons. The molecule has 9 nitrogen and oxygen atoms in total. The van der Waals surface area contributed by atoms with Crippen LogP contribution in [0.1, 0.15) is 11.4 Å². The van der Waals surface area contributed by atoms with Crippen LogP contribution in [-0.4, -0.2) is 53.1 Å². The van der Waals surface area contributed by atoms with Gasteiger partial charge in [0.1, 0.15) is 5.82 Å². The van der Waals surface area contributed by atoms with E-state index in [4.69, 9.17) is 4.74 Å². The summed E-state index contributed by atoms with van der Waals surface area (Å²) < 4.78 is 54.9. The van der Waals surface area contributed by atoms with E-state index in [0.717, 1.165) is 10.6 Å². The zero-order valence-electron chi connectivity index (χ0n) is 17.1. The van der Waals surface area contributed by atoms with Gasteiger partial charge in [-0.1, -0.05) is 0 Å². The highest BCUT2D eigenvalue weighted by molar-refractivity contribution is 5.80. The van der Waals surface area contributed by atoms with Crippen LogP contribution < -0.4 is 0 Å². The molecule has 0 amide bonds. The summed E-state index contributed by atoms with van der Waals surface area (Å²) in [5, 5.41) is 19.9. The predicted octanol–water partition coefficient (Wildman–Crippen LogP) is 2.80. The lowest BCUT2D eigenvalue weighted by Gasteiger charge is -2.15. The number of aromatic nitrogens is 8. The largest absolute Gasteiger partial charge is 0.383 e. The van der Waals surface area contributed by atoms with E-state index in [0.29, 0.717) is 24.4 Å². The third-order valence-electron chi connectivity index (χ3n) is 5.07. The molecular formula is C20H17F3N8O. The van der Waals surface area contributed by atoms with Crippen LogP contribution in [0.25, 0.3) is 27.8 Å². The maximum absolute atomic E-state index is 15.5. The second-order valence-corrected chi connectivity index (χ2v) is 7.23. The number of benzene rings is 1. The van der Waals surface area contributed by atoms with Crippen LogP contribution in [0, 0.1) is 5.82 Å². The lowest BCUT2D eigenvalue weighted by atomic mass is 10.0. The van der Waals surface area contributed by atoms with Crippen molar-refractivity contribution in [1.82, 2.24) is 39.4 Å². The number of hydrogen-bond donors (Lipinski definition) is 0. The Morgan fingerprint density at radius 1 is 1.06 bits per heavy atom. The number of rotatable bonds is 6. The molecule has 0 unspecified atom stereocenters. The molecule has 164 valence electrons. The molecule has 12 heteroatoms. The summed E-state index contributed by atoms with van der Waals surface area (Å²) in [6.45, 7) is 1.01. The first-order chi connectivity index (χ1) is 15.4. The van der Waals surface area contributed by atoms with Gasteiger partial charge in [0.25, 0.3) is 0 Å². The van der Waals surface area contributed by atoms with Crippen molar-refractivity contribution in [2.75, 3.05) is 13.7 Å². The first kappa shape index (κ1) is 20.1. The number of aryl methyl sites for hydroxylation is 1. The Balaban J connectivity index is 1.59. The topological polar surface area (TPSA) is 88.0 Å². The summed E-state index contributed by atoms with van der Waals surface area (Å²) in [6, 6.07) is 5.50. The molecule has 0 aliphatic heterocycles. The van der Waals surface area contributed by atoms with Crippen molar-refractivity contribution in [3.63, 3.8) is 0 Å².